The van der Waals surface area contributed by atoms with E-state index in [0.29, 0.717) is 12.1 Å². The SMILES string of the molecule is CSc1cccc(NC(=O)Nc2cccc(N3CCCCC3=O)c2)c1. The standard InChI is InChI=1S/C19H21N3O2S/c1-25-17-9-5-7-15(13-17)21-19(24)20-14-6-4-8-16(12-14)22-11-3-2-10-18(22)23/h4-9,12-13H,2-3,10-11H2,1H3,(H2,20,21,24). The van der Waals surface area contributed by atoms with E-state index in [1.807, 2.05) is 54.8 Å². The number of hydrogen-bond donors (Lipinski definition) is 2. The van der Waals surface area contributed by atoms with Gasteiger partial charge in [-0.1, -0.05) is 12.1 Å². The summed E-state index contributed by atoms with van der Waals surface area (Å²) in [7, 11) is 0. The van der Waals surface area contributed by atoms with Crippen LogP contribution >= 0.6 is 11.8 Å². The first kappa shape index (κ1) is 17.4. The summed E-state index contributed by atoms with van der Waals surface area (Å²) in [4.78, 5) is 27.2. The Morgan fingerprint density at radius 3 is 2.48 bits per heavy atom. The van der Waals surface area contributed by atoms with Gasteiger partial charge in [-0.05, 0) is 55.5 Å². The van der Waals surface area contributed by atoms with Gasteiger partial charge in [-0.2, -0.15) is 0 Å². The number of nitrogens with zero attached hydrogens (tertiary/aromatic N) is 1. The lowest BCUT2D eigenvalue weighted by molar-refractivity contribution is -0.119. The zero-order chi connectivity index (χ0) is 17.6. The van der Waals surface area contributed by atoms with Crippen molar-refractivity contribution in [2.24, 2.45) is 0 Å². The van der Waals surface area contributed by atoms with Crippen molar-refractivity contribution in [2.75, 3.05) is 28.3 Å². The summed E-state index contributed by atoms with van der Waals surface area (Å²) in [6.07, 6.45) is 4.54. The van der Waals surface area contributed by atoms with Crippen LogP contribution in [0.3, 0.4) is 0 Å². The molecule has 2 aromatic rings. The van der Waals surface area contributed by atoms with Crippen molar-refractivity contribution in [1.29, 1.82) is 0 Å². The van der Waals surface area contributed by atoms with Gasteiger partial charge in [0.1, 0.15) is 0 Å². The largest absolute Gasteiger partial charge is 0.323 e. The Balaban J connectivity index is 1.67. The summed E-state index contributed by atoms with van der Waals surface area (Å²) in [5.74, 6) is 0.140. The Bertz CT molecular complexity index is 779. The Morgan fingerprint density at radius 1 is 1.04 bits per heavy atom. The van der Waals surface area contributed by atoms with E-state index in [0.717, 1.165) is 35.7 Å². The van der Waals surface area contributed by atoms with Crippen molar-refractivity contribution in [3.8, 4) is 0 Å². The summed E-state index contributed by atoms with van der Waals surface area (Å²) in [5, 5.41) is 5.66. The normalized spacial score (nSPS) is 14.3. The second-order valence-electron chi connectivity index (χ2n) is 5.86. The number of benzene rings is 2. The highest BCUT2D eigenvalue weighted by atomic mass is 32.2. The highest BCUT2D eigenvalue weighted by Crippen LogP contribution is 2.24. The number of carbonyl (C=O) groups is 2. The van der Waals surface area contributed by atoms with Gasteiger partial charge in [0.2, 0.25) is 5.91 Å². The Morgan fingerprint density at radius 2 is 1.76 bits per heavy atom. The lowest BCUT2D eigenvalue weighted by Gasteiger charge is -2.27. The van der Waals surface area contributed by atoms with Crippen LogP contribution in [0, 0.1) is 0 Å². The van der Waals surface area contributed by atoms with E-state index in [1.54, 1.807) is 16.7 Å². The number of carbonyl (C=O) groups excluding carboxylic acids is 2. The minimum absolute atomic E-state index is 0.140. The average Bonchev–Trinajstić information content (AvgIpc) is 2.62. The molecule has 3 rings (SSSR count). The molecule has 0 spiro atoms. The molecule has 3 amide bonds. The van der Waals surface area contributed by atoms with Gasteiger partial charge in [0.05, 0.1) is 0 Å². The second kappa shape index (κ2) is 8.07. The molecule has 0 atom stereocenters. The first-order chi connectivity index (χ1) is 12.2. The number of nitrogens with one attached hydrogen (secondary N) is 2. The van der Waals surface area contributed by atoms with Crippen LogP contribution in [0.15, 0.2) is 53.4 Å². The van der Waals surface area contributed by atoms with Gasteiger partial charge in [0, 0.05) is 34.9 Å². The third-order valence-electron chi connectivity index (χ3n) is 4.07. The molecule has 6 heteroatoms. The van der Waals surface area contributed by atoms with E-state index in [9.17, 15) is 9.59 Å². The van der Waals surface area contributed by atoms with Crippen molar-refractivity contribution in [1.82, 2.24) is 0 Å². The van der Waals surface area contributed by atoms with E-state index < -0.39 is 0 Å². The van der Waals surface area contributed by atoms with Gasteiger partial charge in [0.15, 0.2) is 0 Å². The van der Waals surface area contributed by atoms with Gasteiger partial charge in [-0.15, -0.1) is 11.8 Å². The summed E-state index contributed by atoms with van der Waals surface area (Å²) >= 11 is 1.62. The minimum Gasteiger partial charge on any atom is -0.312 e. The highest BCUT2D eigenvalue weighted by Gasteiger charge is 2.19. The molecule has 0 radical (unpaired) electrons. The van der Waals surface area contributed by atoms with Crippen molar-refractivity contribution >= 4 is 40.8 Å². The van der Waals surface area contributed by atoms with Crippen molar-refractivity contribution in [2.45, 2.75) is 24.2 Å². The second-order valence-corrected chi connectivity index (χ2v) is 6.74. The number of amides is 3. The molecule has 1 aliphatic heterocycles. The molecule has 2 aromatic carbocycles. The molecule has 0 saturated carbocycles. The Labute approximate surface area is 151 Å². The molecular formula is C19H21N3O2S. The van der Waals surface area contributed by atoms with Gasteiger partial charge in [-0.3, -0.25) is 4.79 Å². The van der Waals surface area contributed by atoms with Crippen LogP contribution in [-0.4, -0.2) is 24.7 Å². The first-order valence-electron chi connectivity index (χ1n) is 8.28. The zero-order valence-electron chi connectivity index (χ0n) is 14.1. The summed E-state index contributed by atoms with van der Waals surface area (Å²) in [5.41, 5.74) is 2.23. The van der Waals surface area contributed by atoms with Crippen LogP contribution in [0.25, 0.3) is 0 Å². The van der Waals surface area contributed by atoms with Crippen molar-refractivity contribution in [3.05, 3.63) is 48.5 Å². The summed E-state index contributed by atoms with van der Waals surface area (Å²) < 4.78 is 0. The van der Waals surface area contributed by atoms with Crippen LogP contribution < -0.4 is 15.5 Å². The molecule has 0 unspecified atom stereocenters. The van der Waals surface area contributed by atoms with Gasteiger partial charge < -0.3 is 15.5 Å². The summed E-state index contributed by atoms with van der Waals surface area (Å²) in [6.45, 7) is 0.732. The van der Waals surface area contributed by atoms with Crippen molar-refractivity contribution in [3.63, 3.8) is 0 Å². The predicted octanol–water partition coefficient (Wildman–Crippen LogP) is 4.57. The maximum absolute atomic E-state index is 12.2. The van der Waals surface area contributed by atoms with Gasteiger partial charge in [0.25, 0.3) is 0 Å². The Kier molecular flexibility index (Phi) is 5.60. The summed E-state index contributed by atoms with van der Waals surface area (Å²) in [6, 6.07) is 14.8. The van der Waals surface area contributed by atoms with Crippen LogP contribution in [0.2, 0.25) is 0 Å². The average molecular weight is 355 g/mol. The zero-order valence-corrected chi connectivity index (χ0v) is 14.9. The van der Waals surface area contributed by atoms with E-state index in [4.69, 9.17) is 0 Å². The predicted molar refractivity (Wildman–Crippen MR) is 104 cm³/mol. The van der Waals surface area contributed by atoms with E-state index in [-0.39, 0.29) is 11.9 Å². The van der Waals surface area contributed by atoms with Gasteiger partial charge >= 0.3 is 6.03 Å². The fourth-order valence-electron chi connectivity index (χ4n) is 2.82. The van der Waals surface area contributed by atoms with Gasteiger partial charge in [-0.25, -0.2) is 4.79 Å². The quantitative estimate of drug-likeness (QED) is 0.790. The van der Waals surface area contributed by atoms with Crippen LogP contribution in [0.1, 0.15) is 19.3 Å². The van der Waals surface area contributed by atoms with E-state index in [1.165, 1.54) is 0 Å². The molecule has 0 aromatic heterocycles. The molecule has 1 fully saturated rings. The lowest BCUT2D eigenvalue weighted by atomic mass is 10.1. The molecule has 1 saturated heterocycles. The molecule has 25 heavy (non-hydrogen) atoms. The number of anilines is 3. The molecule has 130 valence electrons. The van der Waals surface area contributed by atoms with E-state index in [2.05, 4.69) is 10.6 Å². The molecule has 5 nitrogen and oxygen atoms in total. The molecule has 1 aliphatic rings. The third kappa shape index (κ3) is 4.54. The smallest absolute Gasteiger partial charge is 0.312 e. The number of rotatable bonds is 4. The molecule has 2 N–H and O–H groups in total. The minimum atomic E-state index is -0.305. The number of hydrogen-bond acceptors (Lipinski definition) is 3. The number of urea groups is 1. The highest BCUT2D eigenvalue weighted by molar-refractivity contribution is 7.98. The molecule has 1 heterocycles. The number of piperidine rings is 1. The monoisotopic (exact) mass is 355 g/mol. The van der Waals surface area contributed by atoms with Crippen molar-refractivity contribution < 1.29 is 9.59 Å². The fourth-order valence-corrected chi connectivity index (χ4v) is 3.28. The van der Waals surface area contributed by atoms with Crippen LogP contribution in [-0.2, 0) is 4.79 Å². The fraction of sp³-hybridized carbons (Fsp3) is 0.263. The topological polar surface area (TPSA) is 61.4 Å². The Hall–Kier alpha value is -2.47. The molecular weight excluding hydrogens is 334 g/mol. The maximum Gasteiger partial charge on any atom is 0.323 e. The van der Waals surface area contributed by atoms with E-state index >= 15 is 0 Å². The maximum atomic E-state index is 12.2. The molecule has 0 bridgehead atoms. The first-order valence-corrected chi connectivity index (χ1v) is 9.51. The third-order valence-corrected chi connectivity index (χ3v) is 4.79. The molecule has 0 aliphatic carbocycles. The van der Waals surface area contributed by atoms with Crippen LogP contribution in [0.5, 0.6) is 0 Å². The van der Waals surface area contributed by atoms with Crippen LogP contribution in [0.4, 0.5) is 21.9 Å². The lowest BCUT2D eigenvalue weighted by Crippen LogP contribution is -2.35. The number of thioether (sulfide) groups is 1.